The van der Waals surface area contributed by atoms with E-state index >= 15 is 0 Å². The Morgan fingerprint density at radius 3 is 2.75 bits per heavy atom. The summed E-state index contributed by atoms with van der Waals surface area (Å²) in [7, 11) is 0. The van der Waals surface area contributed by atoms with Gasteiger partial charge in [-0.15, -0.1) is 0 Å². The molecule has 1 aromatic rings. The largest absolute Gasteiger partial charge is 0.388 e. The summed E-state index contributed by atoms with van der Waals surface area (Å²) < 4.78 is 0. The molecular weight excluding hydrogens is 312 g/mol. The van der Waals surface area contributed by atoms with E-state index in [1.54, 1.807) is 24.0 Å². The Balaban J connectivity index is 1.96. The number of pyridine rings is 1. The van der Waals surface area contributed by atoms with Crippen LogP contribution in [-0.2, 0) is 4.79 Å². The smallest absolute Gasteiger partial charge is 0.255 e. The number of aromatic nitrogens is 1. The molecule has 0 radical (unpaired) electrons. The van der Waals surface area contributed by atoms with E-state index in [4.69, 9.17) is 5.73 Å². The molecule has 1 fully saturated rings. The maximum absolute atomic E-state index is 12.5. The fourth-order valence-electron chi connectivity index (χ4n) is 2.70. The molecule has 8 heteroatoms. The van der Waals surface area contributed by atoms with Crippen molar-refractivity contribution in [3.63, 3.8) is 0 Å². The average Bonchev–Trinajstić information content (AvgIpc) is 2.96. The van der Waals surface area contributed by atoms with Crippen molar-refractivity contribution in [3.05, 3.63) is 23.9 Å². The van der Waals surface area contributed by atoms with Gasteiger partial charge < -0.3 is 26.2 Å². The Hall–Kier alpha value is -2.19. The average molecular weight is 336 g/mol. The zero-order chi connectivity index (χ0) is 17.9. The first-order valence-electron chi connectivity index (χ1n) is 7.92. The predicted molar refractivity (Wildman–Crippen MR) is 88.0 cm³/mol. The van der Waals surface area contributed by atoms with Crippen molar-refractivity contribution in [2.75, 3.05) is 25.4 Å². The normalized spacial score (nSPS) is 22.9. The van der Waals surface area contributed by atoms with E-state index in [-0.39, 0.29) is 24.9 Å². The summed E-state index contributed by atoms with van der Waals surface area (Å²) in [6.07, 6.45) is 0.750. The van der Waals surface area contributed by atoms with Gasteiger partial charge in [0.05, 0.1) is 17.7 Å². The lowest BCUT2D eigenvalue weighted by Gasteiger charge is -2.30. The van der Waals surface area contributed by atoms with Crippen molar-refractivity contribution in [1.82, 2.24) is 15.2 Å². The Morgan fingerprint density at radius 2 is 2.17 bits per heavy atom. The van der Waals surface area contributed by atoms with Crippen molar-refractivity contribution in [3.8, 4) is 0 Å². The number of carbonyl (C=O) groups is 2. The highest BCUT2D eigenvalue weighted by Crippen LogP contribution is 2.29. The standard InChI is InChI=1S/C16H24N4O4/c1-10(7-19-14(22)11(2)21)16(24)5-6-20(9-16)15(23)12-3-4-13(17)18-8-12/h3-4,8,10-11,21,24H,5-7,9H2,1-2H3,(H2,17,18)(H,19,22). The van der Waals surface area contributed by atoms with Gasteiger partial charge in [-0.1, -0.05) is 6.92 Å². The van der Waals surface area contributed by atoms with Crippen molar-refractivity contribution < 1.29 is 19.8 Å². The molecule has 1 saturated heterocycles. The third-order valence-corrected chi connectivity index (χ3v) is 4.48. The van der Waals surface area contributed by atoms with E-state index in [1.165, 1.54) is 13.1 Å². The number of hydrogen-bond donors (Lipinski definition) is 4. The molecular formula is C16H24N4O4. The summed E-state index contributed by atoms with van der Waals surface area (Å²) in [5, 5.41) is 22.5. The molecule has 0 aromatic carbocycles. The molecule has 132 valence electrons. The zero-order valence-electron chi connectivity index (χ0n) is 13.9. The van der Waals surface area contributed by atoms with Gasteiger partial charge in [-0.3, -0.25) is 9.59 Å². The van der Waals surface area contributed by atoms with Crippen LogP contribution in [0.4, 0.5) is 5.82 Å². The van der Waals surface area contributed by atoms with E-state index in [1.807, 2.05) is 0 Å². The molecule has 1 aliphatic rings. The van der Waals surface area contributed by atoms with Crippen LogP contribution in [0.1, 0.15) is 30.6 Å². The second-order valence-electron chi connectivity index (χ2n) is 6.37. The van der Waals surface area contributed by atoms with Crippen LogP contribution in [0.3, 0.4) is 0 Å². The quantitative estimate of drug-likeness (QED) is 0.567. The molecule has 3 atom stereocenters. The Bertz CT molecular complexity index is 605. The third-order valence-electron chi connectivity index (χ3n) is 4.48. The number of aliphatic hydroxyl groups is 2. The topological polar surface area (TPSA) is 129 Å². The number of nitrogens with one attached hydrogen (secondary N) is 1. The zero-order valence-corrected chi connectivity index (χ0v) is 13.9. The van der Waals surface area contributed by atoms with E-state index in [9.17, 15) is 19.8 Å². The van der Waals surface area contributed by atoms with E-state index < -0.39 is 17.6 Å². The van der Waals surface area contributed by atoms with Gasteiger partial charge in [0.15, 0.2) is 0 Å². The van der Waals surface area contributed by atoms with Crippen LogP contribution >= 0.6 is 0 Å². The minimum Gasteiger partial charge on any atom is -0.388 e. The van der Waals surface area contributed by atoms with Crippen LogP contribution in [0.5, 0.6) is 0 Å². The molecule has 1 aromatic heterocycles. The fourth-order valence-corrected chi connectivity index (χ4v) is 2.70. The van der Waals surface area contributed by atoms with Gasteiger partial charge in [-0.2, -0.15) is 0 Å². The summed E-state index contributed by atoms with van der Waals surface area (Å²) in [4.78, 5) is 29.4. The molecule has 0 bridgehead atoms. The van der Waals surface area contributed by atoms with Crippen molar-refractivity contribution in [1.29, 1.82) is 0 Å². The number of likely N-dealkylation sites (tertiary alicyclic amines) is 1. The highest BCUT2D eigenvalue weighted by molar-refractivity contribution is 5.94. The third kappa shape index (κ3) is 4.01. The first-order chi connectivity index (χ1) is 11.2. The SMILES string of the molecule is CC(O)C(=O)NCC(C)C1(O)CCN(C(=O)c2ccc(N)nc2)C1. The molecule has 3 unspecified atom stereocenters. The molecule has 24 heavy (non-hydrogen) atoms. The van der Waals surface area contributed by atoms with E-state index in [2.05, 4.69) is 10.3 Å². The van der Waals surface area contributed by atoms with Crippen molar-refractivity contribution >= 4 is 17.6 Å². The second-order valence-corrected chi connectivity index (χ2v) is 6.37. The molecule has 2 rings (SSSR count). The number of nitrogens with zero attached hydrogens (tertiary/aromatic N) is 2. The number of amides is 2. The van der Waals surface area contributed by atoms with Gasteiger partial charge >= 0.3 is 0 Å². The fraction of sp³-hybridized carbons (Fsp3) is 0.562. The highest BCUT2D eigenvalue weighted by Gasteiger charge is 2.42. The number of β-amino-alcohol motifs (C(OH)–C–C–N with tert-alkyl or cyclic N) is 1. The summed E-state index contributed by atoms with van der Waals surface area (Å²) >= 11 is 0. The van der Waals surface area contributed by atoms with Gasteiger partial charge in [0.25, 0.3) is 5.91 Å². The van der Waals surface area contributed by atoms with Gasteiger partial charge in [0, 0.05) is 25.2 Å². The monoisotopic (exact) mass is 336 g/mol. The summed E-state index contributed by atoms with van der Waals surface area (Å²) in [6.45, 7) is 4.02. The Labute approximate surface area is 140 Å². The van der Waals surface area contributed by atoms with Gasteiger partial charge in [0.2, 0.25) is 5.91 Å². The maximum atomic E-state index is 12.5. The van der Waals surface area contributed by atoms with Crippen LogP contribution < -0.4 is 11.1 Å². The lowest BCUT2D eigenvalue weighted by Crippen LogP contribution is -2.47. The van der Waals surface area contributed by atoms with Crippen LogP contribution in [0.2, 0.25) is 0 Å². The van der Waals surface area contributed by atoms with Crippen LogP contribution in [0, 0.1) is 5.92 Å². The first kappa shape index (κ1) is 18.2. The number of aliphatic hydroxyl groups excluding tert-OH is 1. The van der Waals surface area contributed by atoms with Crippen LogP contribution in [-0.4, -0.2) is 63.3 Å². The summed E-state index contributed by atoms with van der Waals surface area (Å²) in [6, 6.07) is 3.16. The van der Waals surface area contributed by atoms with Gasteiger partial charge in [-0.25, -0.2) is 4.98 Å². The molecule has 8 nitrogen and oxygen atoms in total. The van der Waals surface area contributed by atoms with Crippen molar-refractivity contribution in [2.45, 2.75) is 32.0 Å². The Kier molecular flexibility index (Phi) is 5.40. The number of anilines is 1. The minimum absolute atomic E-state index is 0.182. The Morgan fingerprint density at radius 1 is 1.46 bits per heavy atom. The number of carbonyl (C=O) groups excluding carboxylic acids is 2. The molecule has 0 saturated carbocycles. The number of nitrogens with two attached hydrogens (primary N) is 1. The molecule has 0 spiro atoms. The number of rotatable bonds is 5. The van der Waals surface area contributed by atoms with Crippen LogP contribution in [0.25, 0.3) is 0 Å². The maximum Gasteiger partial charge on any atom is 0.255 e. The first-order valence-corrected chi connectivity index (χ1v) is 7.92. The van der Waals surface area contributed by atoms with Gasteiger partial charge in [-0.05, 0) is 25.5 Å². The highest BCUT2D eigenvalue weighted by atomic mass is 16.3. The second kappa shape index (κ2) is 7.14. The summed E-state index contributed by atoms with van der Waals surface area (Å²) in [5.41, 5.74) is 4.85. The van der Waals surface area contributed by atoms with Gasteiger partial charge in [0.1, 0.15) is 11.9 Å². The molecule has 0 aliphatic carbocycles. The molecule has 5 N–H and O–H groups in total. The lowest BCUT2D eigenvalue weighted by atomic mass is 9.88. The summed E-state index contributed by atoms with van der Waals surface area (Å²) in [5.74, 6) is -0.613. The molecule has 2 heterocycles. The van der Waals surface area contributed by atoms with E-state index in [0.29, 0.717) is 24.3 Å². The minimum atomic E-state index is -1.09. The lowest BCUT2D eigenvalue weighted by molar-refractivity contribution is -0.129. The predicted octanol–water partition coefficient (Wildman–Crippen LogP) is -0.626. The molecule has 2 amide bonds. The van der Waals surface area contributed by atoms with Crippen molar-refractivity contribution in [2.24, 2.45) is 5.92 Å². The van der Waals surface area contributed by atoms with Crippen LogP contribution in [0.15, 0.2) is 18.3 Å². The van der Waals surface area contributed by atoms with E-state index in [0.717, 1.165) is 0 Å². The number of hydrogen-bond acceptors (Lipinski definition) is 6. The number of nitrogen functional groups attached to an aromatic ring is 1. The molecule has 1 aliphatic heterocycles.